The van der Waals surface area contributed by atoms with Crippen LogP contribution in [0.1, 0.15) is 72.1 Å². The molecule has 0 saturated heterocycles. The van der Waals surface area contributed by atoms with Gasteiger partial charge in [-0.25, -0.2) is 0 Å². The van der Waals surface area contributed by atoms with Crippen molar-refractivity contribution >= 4 is 17.9 Å². The highest BCUT2D eigenvalue weighted by Gasteiger charge is 2.23. The standard InChI is InChI=1S/C20H38N2O6/c1-4-7-13-27-18(23)15-17(20(25)28-14-8-5-2)22-12-10-9-11-16(21)19(24)26-6-3/h16-17,22H,4-15,21H2,1-3H3. The quantitative estimate of drug-likeness (QED) is 0.216. The second-order valence-electron chi connectivity index (χ2n) is 6.66. The molecule has 0 heterocycles. The van der Waals surface area contributed by atoms with Crippen LogP contribution in [0.2, 0.25) is 0 Å². The molecule has 0 aliphatic carbocycles. The van der Waals surface area contributed by atoms with E-state index in [1.54, 1.807) is 6.92 Å². The summed E-state index contributed by atoms with van der Waals surface area (Å²) in [6, 6.07) is -1.37. The number of carbonyl (C=O) groups excluding carboxylic acids is 3. The van der Waals surface area contributed by atoms with Gasteiger partial charge >= 0.3 is 17.9 Å². The summed E-state index contributed by atoms with van der Waals surface area (Å²) in [7, 11) is 0. The Morgan fingerprint density at radius 3 is 2.11 bits per heavy atom. The minimum absolute atomic E-state index is 0.0585. The minimum Gasteiger partial charge on any atom is -0.466 e. The summed E-state index contributed by atoms with van der Waals surface area (Å²) in [5, 5.41) is 3.06. The van der Waals surface area contributed by atoms with E-state index in [9.17, 15) is 14.4 Å². The highest BCUT2D eigenvalue weighted by molar-refractivity contribution is 5.82. The van der Waals surface area contributed by atoms with Gasteiger partial charge in [0.25, 0.3) is 0 Å². The van der Waals surface area contributed by atoms with E-state index in [1.807, 2.05) is 13.8 Å². The van der Waals surface area contributed by atoms with E-state index < -0.39 is 30.0 Å². The molecule has 0 aliphatic heterocycles. The van der Waals surface area contributed by atoms with Gasteiger partial charge < -0.3 is 25.3 Å². The van der Waals surface area contributed by atoms with Crippen molar-refractivity contribution in [3.63, 3.8) is 0 Å². The maximum atomic E-state index is 12.2. The van der Waals surface area contributed by atoms with Gasteiger partial charge in [-0.15, -0.1) is 0 Å². The SMILES string of the molecule is CCCCOC(=O)CC(NCCCCC(N)C(=O)OCC)C(=O)OCCCC. The van der Waals surface area contributed by atoms with Crippen molar-refractivity contribution in [2.75, 3.05) is 26.4 Å². The number of nitrogens with two attached hydrogens (primary N) is 1. The fraction of sp³-hybridized carbons (Fsp3) is 0.850. The fourth-order valence-electron chi connectivity index (χ4n) is 2.35. The molecule has 0 fully saturated rings. The molecule has 3 N–H and O–H groups in total. The summed E-state index contributed by atoms with van der Waals surface area (Å²) in [5.74, 6) is -1.26. The van der Waals surface area contributed by atoms with Gasteiger partial charge in [0.2, 0.25) is 0 Å². The zero-order chi connectivity index (χ0) is 21.2. The molecule has 8 nitrogen and oxygen atoms in total. The fourth-order valence-corrected chi connectivity index (χ4v) is 2.35. The van der Waals surface area contributed by atoms with Crippen LogP contribution in [0.3, 0.4) is 0 Å². The van der Waals surface area contributed by atoms with E-state index in [0.29, 0.717) is 45.6 Å². The predicted molar refractivity (Wildman–Crippen MR) is 107 cm³/mol. The second kappa shape index (κ2) is 17.4. The second-order valence-corrected chi connectivity index (χ2v) is 6.66. The number of nitrogens with one attached hydrogen (secondary N) is 1. The molecule has 0 aliphatic rings. The van der Waals surface area contributed by atoms with E-state index in [-0.39, 0.29) is 6.42 Å². The van der Waals surface area contributed by atoms with Gasteiger partial charge in [0.1, 0.15) is 12.1 Å². The van der Waals surface area contributed by atoms with E-state index in [2.05, 4.69) is 5.32 Å². The first-order valence-electron chi connectivity index (χ1n) is 10.4. The molecule has 2 unspecified atom stereocenters. The van der Waals surface area contributed by atoms with Crippen molar-refractivity contribution in [1.82, 2.24) is 5.32 Å². The van der Waals surface area contributed by atoms with E-state index in [0.717, 1.165) is 25.7 Å². The van der Waals surface area contributed by atoms with Crippen molar-refractivity contribution < 1.29 is 28.6 Å². The molecular formula is C20H38N2O6. The number of carbonyl (C=O) groups is 3. The molecule has 0 rings (SSSR count). The Kier molecular flexibility index (Phi) is 16.4. The lowest BCUT2D eigenvalue weighted by molar-refractivity contribution is -0.153. The number of esters is 3. The predicted octanol–water partition coefficient (Wildman–Crippen LogP) is 2.08. The van der Waals surface area contributed by atoms with Crippen LogP contribution in [0.4, 0.5) is 0 Å². The summed E-state index contributed by atoms with van der Waals surface area (Å²) >= 11 is 0. The lowest BCUT2D eigenvalue weighted by atomic mass is 10.1. The summed E-state index contributed by atoms with van der Waals surface area (Å²) in [4.78, 5) is 35.7. The molecule has 28 heavy (non-hydrogen) atoms. The van der Waals surface area contributed by atoms with Crippen molar-refractivity contribution in [2.45, 2.75) is 84.2 Å². The third-order valence-electron chi connectivity index (χ3n) is 4.08. The lowest BCUT2D eigenvalue weighted by Crippen LogP contribution is -2.41. The zero-order valence-electron chi connectivity index (χ0n) is 17.7. The van der Waals surface area contributed by atoms with Gasteiger partial charge in [-0.05, 0) is 39.2 Å². The first-order valence-corrected chi connectivity index (χ1v) is 10.4. The van der Waals surface area contributed by atoms with E-state index in [4.69, 9.17) is 19.9 Å². The summed E-state index contributed by atoms with van der Waals surface area (Å²) in [6.45, 7) is 7.27. The van der Waals surface area contributed by atoms with Crippen LogP contribution in [0, 0.1) is 0 Å². The van der Waals surface area contributed by atoms with E-state index >= 15 is 0 Å². The van der Waals surface area contributed by atoms with Gasteiger partial charge in [0, 0.05) is 0 Å². The van der Waals surface area contributed by atoms with Gasteiger partial charge in [-0.1, -0.05) is 33.1 Å². The molecular weight excluding hydrogens is 364 g/mol. The van der Waals surface area contributed by atoms with Crippen molar-refractivity contribution in [1.29, 1.82) is 0 Å². The third kappa shape index (κ3) is 13.5. The van der Waals surface area contributed by atoms with Crippen LogP contribution in [-0.4, -0.2) is 56.4 Å². The topological polar surface area (TPSA) is 117 Å². The van der Waals surface area contributed by atoms with E-state index in [1.165, 1.54) is 0 Å². The Morgan fingerprint density at radius 1 is 0.857 bits per heavy atom. The maximum absolute atomic E-state index is 12.2. The minimum atomic E-state index is -0.732. The molecule has 0 radical (unpaired) electrons. The molecule has 2 atom stereocenters. The van der Waals surface area contributed by atoms with Crippen molar-refractivity contribution in [2.24, 2.45) is 5.73 Å². The normalized spacial score (nSPS) is 12.9. The Balaban J connectivity index is 4.33. The highest BCUT2D eigenvalue weighted by Crippen LogP contribution is 2.04. The summed E-state index contributed by atoms with van der Waals surface area (Å²) < 4.78 is 15.2. The smallest absolute Gasteiger partial charge is 0.323 e. The number of ether oxygens (including phenoxy) is 3. The van der Waals surface area contributed by atoms with Gasteiger partial charge in [0.15, 0.2) is 0 Å². The van der Waals surface area contributed by atoms with Crippen LogP contribution in [0.25, 0.3) is 0 Å². The van der Waals surface area contributed by atoms with Gasteiger partial charge in [-0.3, -0.25) is 14.4 Å². The number of hydrogen-bond acceptors (Lipinski definition) is 8. The molecule has 8 heteroatoms. The van der Waals surface area contributed by atoms with Crippen LogP contribution in [-0.2, 0) is 28.6 Å². The Hall–Kier alpha value is -1.67. The zero-order valence-corrected chi connectivity index (χ0v) is 17.7. The maximum Gasteiger partial charge on any atom is 0.323 e. The first-order chi connectivity index (χ1) is 13.5. The number of rotatable bonds is 17. The Morgan fingerprint density at radius 2 is 1.50 bits per heavy atom. The molecule has 0 aromatic rings. The Labute approximate surface area is 168 Å². The lowest BCUT2D eigenvalue weighted by Gasteiger charge is -2.17. The van der Waals surface area contributed by atoms with Crippen LogP contribution >= 0.6 is 0 Å². The molecule has 0 aromatic carbocycles. The monoisotopic (exact) mass is 402 g/mol. The molecule has 0 bridgehead atoms. The summed E-state index contributed by atoms with van der Waals surface area (Å²) in [5.41, 5.74) is 5.76. The van der Waals surface area contributed by atoms with Gasteiger partial charge in [0.05, 0.1) is 26.2 Å². The number of hydrogen-bond donors (Lipinski definition) is 2. The third-order valence-corrected chi connectivity index (χ3v) is 4.08. The largest absolute Gasteiger partial charge is 0.466 e. The van der Waals surface area contributed by atoms with Crippen LogP contribution in [0.15, 0.2) is 0 Å². The molecule has 164 valence electrons. The van der Waals surface area contributed by atoms with Crippen molar-refractivity contribution in [3.8, 4) is 0 Å². The average molecular weight is 403 g/mol. The first kappa shape index (κ1) is 26.3. The molecule has 0 amide bonds. The number of unbranched alkanes of at least 4 members (excludes halogenated alkanes) is 3. The summed E-state index contributed by atoms with van der Waals surface area (Å²) in [6.07, 6.45) is 5.29. The highest BCUT2D eigenvalue weighted by atomic mass is 16.5. The van der Waals surface area contributed by atoms with Gasteiger partial charge in [-0.2, -0.15) is 0 Å². The average Bonchev–Trinajstić information content (AvgIpc) is 2.67. The van der Waals surface area contributed by atoms with Crippen molar-refractivity contribution in [3.05, 3.63) is 0 Å². The molecule has 0 saturated carbocycles. The Bertz CT molecular complexity index is 444. The van der Waals surface area contributed by atoms with Crippen LogP contribution in [0.5, 0.6) is 0 Å². The molecule has 0 spiro atoms. The molecule has 0 aromatic heterocycles. The van der Waals surface area contributed by atoms with Crippen LogP contribution < -0.4 is 11.1 Å².